The number of fused-ring (bicyclic) bond motifs is 4. The van der Waals surface area contributed by atoms with Crippen molar-refractivity contribution < 1.29 is 9.53 Å². The first-order valence-electron chi connectivity index (χ1n) is 10.7. The lowest BCUT2D eigenvalue weighted by Gasteiger charge is -2.42. The monoisotopic (exact) mass is 449 g/mol. The number of carbonyl (C=O) groups is 1. The van der Waals surface area contributed by atoms with Gasteiger partial charge in [0.1, 0.15) is 5.75 Å². The molecule has 32 heavy (non-hydrogen) atoms. The van der Waals surface area contributed by atoms with Gasteiger partial charge in [-0.05, 0) is 66.4 Å². The van der Waals surface area contributed by atoms with E-state index in [2.05, 4.69) is 5.32 Å². The van der Waals surface area contributed by atoms with Gasteiger partial charge in [-0.1, -0.05) is 23.7 Å². The Morgan fingerprint density at radius 2 is 1.75 bits per heavy atom. The summed E-state index contributed by atoms with van der Waals surface area (Å²) in [5.74, 6) is 1.16. The summed E-state index contributed by atoms with van der Waals surface area (Å²) in [6, 6.07) is 18.5. The molecule has 2 aromatic carbocycles. The van der Waals surface area contributed by atoms with Crippen molar-refractivity contribution in [3.05, 3.63) is 81.7 Å². The number of anilines is 1. The molecule has 6 nitrogen and oxygen atoms in total. The average Bonchev–Trinajstić information content (AvgIpc) is 2.81. The summed E-state index contributed by atoms with van der Waals surface area (Å²) >= 11 is 5.93. The lowest BCUT2D eigenvalue weighted by atomic mass is 9.83. The molecular formula is C25H24ClN3O3. The van der Waals surface area contributed by atoms with Crippen LogP contribution in [0.3, 0.4) is 0 Å². The largest absolute Gasteiger partial charge is 0.497 e. The van der Waals surface area contributed by atoms with Gasteiger partial charge in [-0.25, -0.2) is 4.79 Å². The third-order valence-corrected chi connectivity index (χ3v) is 6.64. The van der Waals surface area contributed by atoms with Crippen LogP contribution in [0, 0.1) is 5.92 Å². The Bertz CT molecular complexity index is 1200. The fourth-order valence-electron chi connectivity index (χ4n) is 4.84. The molecule has 2 atom stereocenters. The van der Waals surface area contributed by atoms with Crippen molar-refractivity contribution in [3.8, 4) is 16.9 Å². The normalized spacial score (nSPS) is 19.2. The molecular weight excluding hydrogens is 426 g/mol. The molecule has 164 valence electrons. The molecule has 1 saturated heterocycles. The lowest BCUT2D eigenvalue weighted by Crippen LogP contribution is -2.50. The Morgan fingerprint density at radius 1 is 1.00 bits per heavy atom. The first-order valence-corrected chi connectivity index (χ1v) is 11.1. The molecule has 3 aromatic rings. The van der Waals surface area contributed by atoms with Gasteiger partial charge in [0.2, 0.25) is 0 Å². The number of benzene rings is 2. The minimum Gasteiger partial charge on any atom is -0.497 e. The Hall–Kier alpha value is -3.25. The predicted molar refractivity (Wildman–Crippen MR) is 126 cm³/mol. The van der Waals surface area contributed by atoms with Crippen LogP contribution in [0.25, 0.3) is 11.1 Å². The highest BCUT2D eigenvalue weighted by molar-refractivity contribution is 6.30. The van der Waals surface area contributed by atoms with Crippen molar-refractivity contribution in [1.82, 2.24) is 9.47 Å². The van der Waals surface area contributed by atoms with E-state index in [1.54, 1.807) is 31.4 Å². The number of aromatic nitrogens is 1. The summed E-state index contributed by atoms with van der Waals surface area (Å²) in [4.78, 5) is 28.0. The van der Waals surface area contributed by atoms with Crippen LogP contribution in [-0.2, 0) is 6.54 Å². The third-order valence-electron chi connectivity index (χ3n) is 6.39. The van der Waals surface area contributed by atoms with Gasteiger partial charge in [-0.2, -0.15) is 0 Å². The van der Waals surface area contributed by atoms with Gasteiger partial charge in [0.05, 0.1) is 7.11 Å². The fourth-order valence-corrected chi connectivity index (χ4v) is 4.96. The van der Waals surface area contributed by atoms with Crippen molar-refractivity contribution in [1.29, 1.82) is 0 Å². The number of likely N-dealkylation sites (tertiary alicyclic amines) is 1. The molecule has 2 unspecified atom stereocenters. The molecule has 2 aliphatic heterocycles. The molecule has 0 aliphatic carbocycles. The van der Waals surface area contributed by atoms with E-state index in [1.165, 1.54) is 0 Å². The van der Waals surface area contributed by atoms with Crippen LogP contribution in [0.1, 0.15) is 18.0 Å². The van der Waals surface area contributed by atoms with Crippen molar-refractivity contribution in [3.63, 3.8) is 0 Å². The van der Waals surface area contributed by atoms with Gasteiger partial charge < -0.3 is 19.5 Å². The zero-order valence-electron chi connectivity index (χ0n) is 17.8. The molecule has 3 heterocycles. The Balaban J connectivity index is 1.37. The van der Waals surface area contributed by atoms with E-state index in [1.807, 2.05) is 45.9 Å². The van der Waals surface area contributed by atoms with Crippen molar-refractivity contribution in [2.24, 2.45) is 5.92 Å². The number of piperidine rings is 1. The van der Waals surface area contributed by atoms with Crippen LogP contribution in [0.15, 0.2) is 65.5 Å². The maximum atomic E-state index is 13.3. The van der Waals surface area contributed by atoms with Crippen LogP contribution in [0.2, 0.25) is 5.02 Å². The highest BCUT2D eigenvalue weighted by Gasteiger charge is 2.36. The predicted octanol–water partition coefficient (Wildman–Crippen LogP) is 4.83. The molecule has 0 radical (unpaired) electrons. The standard InChI is InChI=1S/C25H24ClN3O3/c1-32-21-8-2-17(3-9-21)22-10-11-23-18-12-16(14-29(23)24(22)30)13-28(15-18)25(31)27-20-6-4-19(26)5-7-20/h2-11,16,18H,12-15H2,1H3,(H,27,31). The summed E-state index contributed by atoms with van der Waals surface area (Å²) in [7, 11) is 1.63. The van der Waals surface area contributed by atoms with Gasteiger partial charge in [0.15, 0.2) is 0 Å². The van der Waals surface area contributed by atoms with Crippen LogP contribution < -0.4 is 15.6 Å². The van der Waals surface area contributed by atoms with Crippen molar-refractivity contribution >= 4 is 23.3 Å². The molecule has 0 saturated carbocycles. The van der Waals surface area contributed by atoms with E-state index in [9.17, 15) is 9.59 Å². The second kappa shape index (κ2) is 8.36. The molecule has 7 heteroatoms. The number of ether oxygens (including phenoxy) is 1. The van der Waals surface area contributed by atoms with Gasteiger partial charge in [0, 0.05) is 47.5 Å². The highest BCUT2D eigenvalue weighted by Crippen LogP contribution is 2.36. The third kappa shape index (κ3) is 3.86. The van der Waals surface area contributed by atoms with Gasteiger partial charge >= 0.3 is 6.03 Å². The summed E-state index contributed by atoms with van der Waals surface area (Å²) < 4.78 is 7.13. The number of rotatable bonds is 3. The van der Waals surface area contributed by atoms with E-state index in [-0.39, 0.29) is 23.4 Å². The summed E-state index contributed by atoms with van der Waals surface area (Å²) in [6.07, 6.45) is 0.992. The van der Waals surface area contributed by atoms with Crippen molar-refractivity contribution in [2.45, 2.75) is 18.9 Å². The maximum absolute atomic E-state index is 13.3. The minimum absolute atomic E-state index is 0.0291. The number of carbonyl (C=O) groups excluding carboxylic acids is 1. The number of amides is 2. The van der Waals surface area contributed by atoms with E-state index < -0.39 is 0 Å². The summed E-state index contributed by atoms with van der Waals surface area (Å²) in [5.41, 5.74) is 3.32. The van der Waals surface area contributed by atoms with Crippen LogP contribution in [0.5, 0.6) is 5.75 Å². The Kier molecular flexibility index (Phi) is 5.39. The molecule has 2 aliphatic rings. The van der Waals surface area contributed by atoms with Crippen LogP contribution in [0.4, 0.5) is 10.5 Å². The highest BCUT2D eigenvalue weighted by atomic mass is 35.5. The van der Waals surface area contributed by atoms with Crippen LogP contribution in [-0.4, -0.2) is 35.7 Å². The number of hydrogen-bond donors (Lipinski definition) is 1. The Morgan fingerprint density at radius 3 is 2.47 bits per heavy atom. The SMILES string of the molecule is COc1ccc(-c2ccc3n(c2=O)CC2CC3CN(C(=O)Nc3ccc(Cl)cc3)C2)cc1. The lowest BCUT2D eigenvalue weighted by molar-refractivity contribution is 0.139. The molecule has 0 spiro atoms. The van der Waals surface area contributed by atoms with E-state index in [4.69, 9.17) is 16.3 Å². The van der Waals surface area contributed by atoms with E-state index in [0.717, 1.165) is 29.1 Å². The van der Waals surface area contributed by atoms with Crippen LogP contribution >= 0.6 is 11.6 Å². The number of methoxy groups -OCH3 is 1. The zero-order valence-corrected chi connectivity index (χ0v) is 18.5. The second-order valence-electron chi connectivity index (χ2n) is 8.46. The number of urea groups is 1. The average molecular weight is 450 g/mol. The molecule has 1 N–H and O–H groups in total. The first-order chi connectivity index (χ1) is 15.5. The topological polar surface area (TPSA) is 63.6 Å². The van der Waals surface area contributed by atoms with Gasteiger partial charge in [0.25, 0.3) is 5.56 Å². The van der Waals surface area contributed by atoms with Crippen molar-refractivity contribution in [2.75, 3.05) is 25.5 Å². The smallest absolute Gasteiger partial charge is 0.321 e. The number of nitrogens with one attached hydrogen (secondary N) is 1. The molecule has 1 aromatic heterocycles. The second-order valence-corrected chi connectivity index (χ2v) is 8.89. The molecule has 5 rings (SSSR count). The molecule has 2 amide bonds. The Labute approximate surface area is 191 Å². The minimum atomic E-state index is -0.118. The van der Waals surface area contributed by atoms with Gasteiger partial charge in [-0.3, -0.25) is 4.79 Å². The summed E-state index contributed by atoms with van der Waals surface area (Å²) in [6.45, 7) is 1.85. The quantitative estimate of drug-likeness (QED) is 0.623. The number of hydrogen-bond acceptors (Lipinski definition) is 3. The molecule has 2 bridgehead atoms. The van der Waals surface area contributed by atoms with E-state index >= 15 is 0 Å². The number of halogens is 1. The molecule has 1 fully saturated rings. The fraction of sp³-hybridized carbons (Fsp3) is 0.280. The first kappa shape index (κ1) is 20.6. The zero-order chi connectivity index (χ0) is 22.2. The summed E-state index contributed by atoms with van der Waals surface area (Å²) in [5, 5.41) is 3.58. The number of nitrogens with zero attached hydrogens (tertiary/aromatic N) is 2. The van der Waals surface area contributed by atoms with E-state index in [0.29, 0.717) is 30.2 Å². The maximum Gasteiger partial charge on any atom is 0.321 e. The van der Waals surface area contributed by atoms with Gasteiger partial charge in [-0.15, -0.1) is 0 Å². The number of pyridine rings is 1.